The maximum atomic E-state index is 12.5. The Morgan fingerprint density at radius 2 is 1.72 bits per heavy atom. The van der Waals surface area contributed by atoms with Gasteiger partial charge in [0.1, 0.15) is 5.69 Å². The molecule has 0 saturated heterocycles. The number of aryl methyl sites for hydroxylation is 1. The molecule has 1 heterocycles. The Bertz CT molecular complexity index is 1070. The van der Waals surface area contributed by atoms with E-state index in [9.17, 15) is 19.7 Å². The van der Waals surface area contributed by atoms with Gasteiger partial charge in [-0.25, -0.2) is 4.79 Å². The molecule has 0 fully saturated rings. The fourth-order valence-electron chi connectivity index (χ4n) is 3.08. The van der Waals surface area contributed by atoms with E-state index in [1.807, 2.05) is 41.8 Å². The molecule has 1 N–H and O–H groups in total. The van der Waals surface area contributed by atoms with Crippen molar-refractivity contribution in [1.29, 1.82) is 0 Å². The number of benzene rings is 2. The number of aromatic nitrogens is 1. The molecule has 0 saturated carbocycles. The number of amides is 1. The first-order chi connectivity index (χ1) is 13.9. The van der Waals surface area contributed by atoms with Crippen LogP contribution in [0.4, 0.5) is 11.4 Å². The smallest absolute Gasteiger partial charge is 0.340 e. The highest BCUT2D eigenvalue weighted by Crippen LogP contribution is 2.23. The third kappa shape index (κ3) is 4.32. The molecule has 29 heavy (non-hydrogen) atoms. The Morgan fingerprint density at radius 3 is 2.41 bits per heavy atom. The van der Waals surface area contributed by atoms with Crippen LogP contribution in [-0.4, -0.2) is 28.0 Å². The molecular formula is C21H19N3O5. The normalized spacial score (nSPS) is 10.4. The fraction of sp³-hybridized carbons (Fsp3) is 0.143. The number of nitro groups is 1. The SMILES string of the molecule is Cc1cc(C(=O)OCC(=O)Nc2ccccc2[N+](=O)[O-])c(C)n1-c1ccccc1. The van der Waals surface area contributed by atoms with Gasteiger partial charge in [0.2, 0.25) is 0 Å². The van der Waals surface area contributed by atoms with Gasteiger partial charge in [0.25, 0.3) is 11.6 Å². The second-order valence-electron chi connectivity index (χ2n) is 6.35. The van der Waals surface area contributed by atoms with Gasteiger partial charge in [-0.2, -0.15) is 0 Å². The summed E-state index contributed by atoms with van der Waals surface area (Å²) in [5.41, 5.74) is 2.61. The fourth-order valence-corrected chi connectivity index (χ4v) is 3.08. The number of para-hydroxylation sites is 3. The summed E-state index contributed by atoms with van der Waals surface area (Å²) < 4.78 is 7.03. The number of ether oxygens (including phenoxy) is 1. The molecule has 8 heteroatoms. The average molecular weight is 393 g/mol. The number of nitrogens with zero attached hydrogens (tertiary/aromatic N) is 2. The molecule has 2 aromatic carbocycles. The monoisotopic (exact) mass is 393 g/mol. The summed E-state index contributed by atoms with van der Waals surface area (Å²) in [7, 11) is 0. The lowest BCUT2D eigenvalue weighted by molar-refractivity contribution is -0.383. The molecule has 8 nitrogen and oxygen atoms in total. The van der Waals surface area contributed by atoms with E-state index in [1.165, 1.54) is 18.2 Å². The van der Waals surface area contributed by atoms with Crippen molar-refractivity contribution in [1.82, 2.24) is 4.57 Å². The molecule has 0 spiro atoms. The van der Waals surface area contributed by atoms with E-state index in [0.717, 1.165) is 11.4 Å². The summed E-state index contributed by atoms with van der Waals surface area (Å²) in [6, 6.07) is 17.0. The highest BCUT2D eigenvalue weighted by Gasteiger charge is 2.20. The van der Waals surface area contributed by atoms with E-state index < -0.39 is 23.4 Å². The van der Waals surface area contributed by atoms with Crippen LogP contribution >= 0.6 is 0 Å². The number of nitro benzene ring substituents is 1. The third-order valence-corrected chi connectivity index (χ3v) is 4.37. The van der Waals surface area contributed by atoms with E-state index in [4.69, 9.17) is 4.74 Å². The lowest BCUT2D eigenvalue weighted by Gasteiger charge is -2.10. The zero-order valence-electron chi connectivity index (χ0n) is 15.9. The van der Waals surface area contributed by atoms with Gasteiger partial charge in [0, 0.05) is 23.1 Å². The number of carbonyl (C=O) groups excluding carboxylic acids is 2. The van der Waals surface area contributed by atoms with Crippen molar-refractivity contribution in [2.75, 3.05) is 11.9 Å². The van der Waals surface area contributed by atoms with Crippen LogP contribution in [0.15, 0.2) is 60.7 Å². The molecule has 3 rings (SSSR count). The topological polar surface area (TPSA) is 103 Å². The summed E-state index contributed by atoms with van der Waals surface area (Å²) in [5, 5.41) is 13.4. The quantitative estimate of drug-likeness (QED) is 0.390. The van der Waals surface area contributed by atoms with E-state index >= 15 is 0 Å². The van der Waals surface area contributed by atoms with Crippen molar-refractivity contribution in [2.24, 2.45) is 0 Å². The second-order valence-corrected chi connectivity index (χ2v) is 6.35. The number of hydrogen-bond donors (Lipinski definition) is 1. The van der Waals surface area contributed by atoms with E-state index in [1.54, 1.807) is 19.1 Å². The lowest BCUT2D eigenvalue weighted by Crippen LogP contribution is -2.21. The number of rotatable bonds is 6. The highest BCUT2D eigenvalue weighted by molar-refractivity contribution is 5.97. The number of nitrogens with one attached hydrogen (secondary N) is 1. The zero-order chi connectivity index (χ0) is 21.0. The summed E-state index contributed by atoms with van der Waals surface area (Å²) >= 11 is 0. The molecule has 0 bridgehead atoms. The highest BCUT2D eigenvalue weighted by atomic mass is 16.6. The minimum absolute atomic E-state index is 0.0424. The van der Waals surface area contributed by atoms with Crippen LogP contribution in [0.5, 0.6) is 0 Å². The molecule has 3 aromatic rings. The van der Waals surface area contributed by atoms with Gasteiger partial charge in [-0.15, -0.1) is 0 Å². The Kier molecular flexibility index (Phi) is 5.73. The largest absolute Gasteiger partial charge is 0.452 e. The zero-order valence-corrected chi connectivity index (χ0v) is 15.9. The Hall–Kier alpha value is -3.94. The van der Waals surface area contributed by atoms with Gasteiger partial charge in [-0.05, 0) is 38.1 Å². The summed E-state index contributed by atoms with van der Waals surface area (Å²) in [5.74, 6) is -1.30. The Balaban J connectivity index is 1.69. The first kappa shape index (κ1) is 19.8. The number of carbonyl (C=O) groups is 2. The van der Waals surface area contributed by atoms with Crippen LogP contribution in [0, 0.1) is 24.0 Å². The van der Waals surface area contributed by atoms with Gasteiger partial charge in [0.15, 0.2) is 6.61 Å². The molecule has 0 aliphatic heterocycles. The lowest BCUT2D eigenvalue weighted by atomic mass is 10.2. The van der Waals surface area contributed by atoms with Gasteiger partial charge >= 0.3 is 5.97 Å². The molecule has 0 aliphatic rings. The molecule has 0 unspecified atom stereocenters. The number of anilines is 1. The standard InChI is InChI=1S/C21H19N3O5/c1-14-12-17(15(2)23(14)16-8-4-3-5-9-16)21(26)29-13-20(25)22-18-10-6-7-11-19(18)24(27)28/h3-12H,13H2,1-2H3,(H,22,25). The van der Waals surface area contributed by atoms with Crippen molar-refractivity contribution in [3.63, 3.8) is 0 Å². The van der Waals surface area contributed by atoms with Crippen molar-refractivity contribution in [2.45, 2.75) is 13.8 Å². The summed E-state index contributed by atoms with van der Waals surface area (Å²) in [6.07, 6.45) is 0. The van der Waals surface area contributed by atoms with Crippen molar-refractivity contribution in [3.8, 4) is 5.69 Å². The van der Waals surface area contributed by atoms with Crippen LogP contribution in [0.25, 0.3) is 5.69 Å². The predicted molar refractivity (Wildman–Crippen MR) is 107 cm³/mol. The molecule has 1 amide bonds. The number of esters is 1. The third-order valence-electron chi connectivity index (χ3n) is 4.37. The van der Waals surface area contributed by atoms with E-state index in [-0.39, 0.29) is 11.4 Å². The molecule has 148 valence electrons. The first-order valence-electron chi connectivity index (χ1n) is 8.83. The molecule has 0 radical (unpaired) electrons. The van der Waals surface area contributed by atoms with E-state index in [0.29, 0.717) is 11.3 Å². The van der Waals surface area contributed by atoms with Gasteiger partial charge in [-0.3, -0.25) is 14.9 Å². The predicted octanol–water partition coefficient (Wildman–Crippen LogP) is 3.80. The Morgan fingerprint density at radius 1 is 1.07 bits per heavy atom. The molecule has 0 atom stereocenters. The summed E-state index contributed by atoms with van der Waals surface area (Å²) in [4.78, 5) is 35.0. The minimum atomic E-state index is -0.662. The van der Waals surface area contributed by atoms with Gasteiger partial charge in [0.05, 0.1) is 10.5 Å². The Labute approximate surface area is 166 Å². The molecule has 1 aromatic heterocycles. The van der Waals surface area contributed by atoms with Crippen molar-refractivity contribution < 1.29 is 19.2 Å². The van der Waals surface area contributed by atoms with Crippen LogP contribution in [0.2, 0.25) is 0 Å². The second kappa shape index (κ2) is 8.39. The van der Waals surface area contributed by atoms with Gasteiger partial charge < -0.3 is 14.6 Å². The molecular weight excluding hydrogens is 374 g/mol. The van der Waals surface area contributed by atoms with Crippen LogP contribution in [-0.2, 0) is 9.53 Å². The van der Waals surface area contributed by atoms with Crippen LogP contribution in [0.1, 0.15) is 21.7 Å². The average Bonchev–Trinajstić information content (AvgIpc) is 3.01. The van der Waals surface area contributed by atoms with Crippen molar-refractivity contribution >= 4 is 23.3 Å². The first-order valence-corrected chi connectivity index (χ1v) is 8.83. The minimum Gasteiger partial charge on any atom is -0.452 e. The molecule has 0 aliphatic carbocycles. The van der Waals surface area contributed by atoms with Crippen LogP contribution < -0.4 is 5.32 Å². The maximum Gasteiger partial charge on any atom is 0.340 e. The van der Waals surface area contributed by atoms with Gasteiger partial charge in [-0.1, -0.05) is 30.3 Å². The van der Waals surface area contributed by atoms with Crippen LogP contribution in [0.3, 0.4) is 0 Å². The maximum absolute atomic E-state index is 12.5. The number of hydrogen-bond acceptors (Lipinski definition) is 5. The van der Waals surface area contributed by atoms with E-state index in [2.05, 4.69) is 5.32 Å². The summed E-state index contributed by atoms with van der Waals surface area (Å²) in [6.45, 7) is 3.11. The van der Waals surface area contributed by atoms with Crippen molar-refractivity contribution in [3.05, 3.63) is 87.7 Å².